The van der Waals surface area contributed by atoms with Gasteiger partial charge in [-0.2, -0.15) is 0 Å². The van der Waals surface area contributed by atoms with Gasteiger partial charge in [-0.15, -0.1) is 11.3 Å². The number of nitrogens with zero attached hydrogens (tertiary/aromatic N) is 2. The molecule has 0 aromatic carbocycles. The minimum absolute atomic E-state index is 0.402. The third-order valence-electron chi connectivity index (χ3n) is 3.19. The molecule has 2 aromatic rings. The van der Waals surface area contributed by atoms with Gasteiger partial charge in [0, 0.05) is 37.4 Å². The van der Waals surface area contributed by atoms with Crippen LogP contribution in [0.4, 0.5) is 0 Å². The third-order valence-corrected chi connectivity index (χ3v) is 6.19. The van der Waals surface area contributed by atoms with E-state index in [-0.39, 0.29) is 0 Å². The van der Waals surface area contributed by atoms with Crippen molar-refractivity contribution in [2.24, 2.45) is 0 Å². The van der Waals surface area contributed by atoms with Crippen LogP contribution < -0.4 is 5.32 Å². The van der Waals surface area contributed by atoms with E-state index in [0.717, 1.165) is 10.4 Å². The summed E-state index contributed by atoms with van der Waals surface area (Å²) in [5, 5.41) is 4.82. The Bertz CT molecular complexity index is 669. The van der Waals surface area contributed by atoms with Crippen molar-refractivity contribution in [3.05, 3.63) is 46.4 Å². The summed E-state index contributed by atoms with van der Waals surface area (Å²) in [6.07, 6.45) is 4.10. The smallest absolute Gasteiger partial charge is 0.243 e. The van der Waals surface area contributed by atoms with Gasteiger partial charge >= 0.3 is 0 Å². The Morgan fingerprint density at radius 3 is 2.67 bits per heavy atom. The highest BCUT2D eigenvalue weighted by molar-refractivity contribution is 7.89. The number of pyridine rings is 1. The summed E-state index contributed by atoms with van der Waals surface area (Å²) < 4.78 is 26.6. The van der Waals surface area contributed by atoms with Crippen LogP contribution in [0.3, 0.4) is 0 Å². The molecule has 2 heterocycles. The lowest BCUT2D eigenvalue weighted by molar-refractivity contribution is 0.472. The quantitative estimate of drug-likeness (QED) is 0.842. The van der Waals surface area contributed by atoms with Crippen molar-refractivity contribution >= 4 is 21.4 Å². The zero-order chi connectivity index (χ0) is 15.3. The average Bonchev–Trinajstić information content (AvgIpc) is 2.95. The van der Waals surface area contributed by atoms with E-state index in [4.69, 9.17) is 0 Å². The van der Waals surface area contributed by atoms with E-state index in [0.29, 0.717) is 24.4 Å². The Kier molecular flexibility index (Phi) is 5.46. The zero-order valence-electron chi connectivity index (χ0n) is 12.1. The van der Waals surface area contributed by atoms with Crippen LogP contribution in [0.1, 0.15) is 10.4 Å². The van der Waals surface area contributed by atoms with Crippen molar-refractivity contribution in [1.29, 1.82) is 0 Å². The number of rotatable bonds is 7. The molecule has 1 N–H and O–H groups in total. The first-order chi connectivity index (χ1) is 10.1. The second-order valence-electron chi connectivity index (χ2n) is 4.67. The number of thiophene rings is 1. The maximum absolute atomic E-state index is 12.6. The van der Waals surface area contributed by atoms with Crippen LogP contribution in [0.5, 0.6) is 0 Å². The summed E-state index contributed by atoms with van der Waals surface area (Å²) >= 11 is 1.46. The van der Waals surface area contributed by atoms with Gasteiger partial charge in [-0.25, -0.2) is 12.7 Å². The van der Waals surface area contributed by atoms with Gasteiger partial charge < -0.3 is 5.32 Å². The van der Waals surface area contributed by atoms with Gasteiger partial charge in [0.1, 0.15) is 0 Å². The van der Waals surface area contributed by atoms with E-state index in [1.807, 2.05) is 24.6 Å². The van der Waals surface area contributed by atoms with Gasteiger partial charge in [-0.1, -0.05) is 0 Å². The first-order valence-electron chi connectivity index (χ1n) is 6.62. The van der Waals surface area contributed by atoms with Gasteiger partial charge in [0.2, 0.25) is 10.0 Å². The number of likely N-dealkylation sites (N-methyl/N-ethyl adjacent to an activating group) is 1. The first kappa shape index (κ1) is 16.1. The molecule has 0 aliphatic heterocycles. The molecule has 2 rings (SSSR count). The van der Waals surface area contributed by atoms with Crippen LogP contribution in [0.25, 0.3) is 0 Å². The standard InChI is InChI=1S/C14H19N3O2S2/c1-15-11-13-14(6-10-20-13)21(18,19)17(2)9-5-12-3-7-16-8-4-12/h3-4,6-8,10,15H,5,9,11H2,1-2H3. The molecule has 7 heteroatoms. The number of sulfonamides is 1. The maximum Gasteiger partial charge on any atom is 0.243 e. The van der Waals surface area contributed by atoms with Crippen molar-refractivity contribution in [3.63, 3.8) is 0 Å². The Labute approximate surface area is 129 Å². The molecule has 0 saturated carbocycles. The molecule has 2 aromatic heterocycles. The molecule has 5 nitrogen and oxygen atoms in total. The molecule has 0 aliphatic carbocycles. The molecule has 0 amide bonds. The molecule has 0 spiro atoms. The van der Waals surface area contributed by atoms with Gasteiger partial charge in [0.25, 0.3) is 0 Å². The van der Waals surface area contributed by atoms with Gasteiger partial charge in [-0.3, -0.25) is 4.98 Å². The Balaban J connectivity index is 2.09. The highest BCUT2D eigenvalue weighted by Gasteiger charge is 2.24. The number of hydrogen-bond acceptors (Lipinski definition) is 5. The van der Waals surface area contributed by atoms with Crippen LogP contribution in [-0.4, -0.2) is 38.3 Å². The van der Waals surface area contributed by atoms with Gasteiger partial charge in [0.15, 0.2) is 0 Å². The fraction of sp³-hybridized carbons (Fsp3) is 0.357. The summed E-state index contributed by atoms with van der Waals surface area (Å²) in [5.74, 6) is 0. The van der Waals surface area contributed by atoms with Crippen LogP contribution in [0, 0.1) is 0 Å². The third kappa shape index (κ3) is 3.88. The zero-order valence-corrected chi connectivity index (χ0v) is 13.7. The van der Waals surface area contributed by atoms with Crippen molar-refractivity contribution in [2.45, 2.75) is 17.9 Å². The van der Waals surface area contributed by atoms with Crippen LogP contribution in [0.2, 0.25) is 0 Å². The van der Waals surface area contributed by atoms with Gasteiger partial charge in [-0.05, 0) is 42.6 Å². The monoisotopic (exact) mass is 325 g/mol. The van der Waals surface area contributed by atoms with E-state index in [1.165, 1.54) is 15.6 Å². The van der Waals surface area contributed by atoms with Crippen molar-refractivity contribution in [2.75, 3.05) is 20.6 Å². The number of nitrogens with one attached hydrogen (secondary N) is 1. The topological polar surface area (TPSA) is 62.3 Å². The fourth-order valence-electron chi connectivity index (χ4n) is 1.97. The predicted molar refractivity (Wildman–Crippen MR) is 84.8 cm³/mol. The minimum Gasteiger partial charge on any atom is -0.315 e. The number of aromatic nitrogens is 1. The minimum atomic E-state index is -3.43. The Morgan fingerprint density at radius 1 is 1.29 bits per heavy atom. The lowest BCUT2D eigenvalue weighted by atomic mass is 10.2. The largest absolute Gasteiger partial charge is 0.315 e. The molecule has 0 saturated heterocycles. The maximum atomic E-state index is 12.6. The first-order valence-corrected chi connectivity index (χ1v) is 8.94. The van der Waals surface area contributed by atoms with Crippen molar-refractivity contribution < 1.29 is 8.42 Å². The summed E-state index contributed by atoms with van der Waals surface area (Å²) in [6, 6.07) is 5.48. The average molecular weight is 325 g/mol. The molecule has 0 atom stereocenters. The SMILES string of the molecule is CNCc1sccc1S(=O)(=O)N(C)CCc1ccncc1. The Morgan fingerprint density at radius 2 is 2.00 bits per heavy atom. The fourth-order valence-corrected chi connectivity index (χ4v) is 4.57. The van der Waals surface area contributed by atoms with Crippen LogP contribution in [0.15, 0.2) is 40.9 Å². The summed E-state index contributed by atoms with van der Waals surface area (Å²) in [4.78, 5) is 5.20. The van der Waals surface area contributed by atoms with E-state index in [9.17, 15) is 8.42 Å². The lowest BCUT2D eigenvalue weighted by Gasteiger charge is -2.17. The van der Waals surface area contributed by atoms with E-state index in [2.05, 4.69) is 10.3 Å². The lowest BCUT2D eigenvalue weighted by Crippen LogP contribution is -2.29. The molecular weight excluding hydrogens is 306 g/mol. The summed E-state index contributed by atoms with van der Waals surface area (Å²) in [6.45, 7) is 1.01. The molecular formula is C14H19N3O2S2. The van der Waals surface area contributed by atoms with Gasteiger partial charge in [0.05, 0.1) is 4.90 Å². The summed E-state index contributed by atoms with van der Waals surface area (Å²) in [5.41, 5.74) is 1.08. The summed E-state index contributed by atoms with van der Waals surface area (Å²) in [7, 11) is 0.000647. The predicted octanol–water partition coefficient (Wildman–Crippen LogP) is 1.73. The highest BCUT2D eigenvalue weighted by Crippen LogP contribution is 2.24. The van der Waals surface area contributed by atoms with Crippen LogP contribution >= 0.6 is 11.3 Å². The second kappa shape index (κ2) is 7.13. The molecule has 0 bridgehead atoms. The van der Waals surface area contributed by atoms with E-state index >= 15 is 0 Å². The van der Waals surface area contributed by atoms with E-state index < -0.39 is 10.0 Å². The van der Waals surface area contributed by atoms with E-state index in [1.54, 1.807) is 25.5 Å². The van der Waals surface area contributed by atoms with Crippen molar-refractivity contribution in [3.8, 4) is 0 Å². The molecule has 0 radical (unpaired) electrons. The normalized spacial score (nSPS) is 12.0. The molecule has 21 heavy (non-hydrogen) atoms. The molecule has 0 fully saturated rings. The van der Waals surface area contributed by atoms with Crippen molar-refractivity contribution in [1.82, 2.24) is 14.6 Å². The molecule has 0 aliphatic rings. The molecule has 114 valence electrons. The van der Waals surface area contributed by atoms with Crippen LogP contribution in [-0.2, 0) is 23.0 Å². The highest BCUT2D eigenvalue weighted by atomic mass is 32.2. The Hall–Kier alpha value is -1.28. The second-order valence-corrected chi connectivity index (χ2v) is 7.68. The molecule has 0 unspecified atom stereocenters. The number of hydrogen-bond donors (Lipinski definition) is 1.